The minimum atomic E-state index is -0.487. The number of fused-ring (bicyclic) bond motifs is 1. The topological polar surface area (TPSA) is 79.6 Å². The summed E-state index contributed by atoms with van der Waals surface area (Å²) < 4.78 is 0.900. The largest absolute Gasteiger partial charge is 0.309 e. The van der Waals surface area contributed by atoms with Gasteiger partial charge in [0, 0.05) is 24.2 Å². The molecule has 0 fully saturated rings. The van der Waals surface area contributed by atoms with Gasteiger partial charge in [-0.25, -0.2) is 4.98 Å². The van der Waals surface area contributed by atoms with E-state index in [-0.39, 0.29) is 11.6 Å². The molecule has 9 heteroatoms. The molecule has 0 bridgehead atoms. The summed E-state index contributed by atoms with van der Waals surface area (Å²) in [5.41, 5.74) is 0.988. The Morgan fingerprint density at radius 3 is 2.50 bits per heavy atom. The van der Waals surface area contributed by atoms with E-state index < -0.39 is 4.92 Å². The number of anilines is 1. The molecule has 3 rings (SSSR count). The number of carbonyl (C=O) groups is 1. The molecular weight excluding hydrogens is 400 g/mol. The summed E-state index contributed by atoms with van der Waals surface area (Å²) in [6, 6.07) is 11.1. The fourth-order valence-corrected chi connectivity index (χ4v) is 4.02. The average Bonchev–Trinajstić information content (AvgIpc) is 3.10. The Labute approximate surface area is 171 Å². The first kappa shape index (κ1) is 20.2. The minimum Gasteiger partial charge on any atom is -0.309 e. The molecule has 0 spiro atoms. The van der Waals surface area contributed by atoms with Crippen LogP contribution in [0, 0.1) is 10.1 Å². The van der Waals surface area contributed by atoms with Crippen molar-refractivity contribution in [1.29, 1.82) is 0 Å². The van der Waals surface area contributed by atoms with Gasteiger partial charge in [-0.2, -0.15) is 0 Å². The highest BCUT2D eigenvalue weighted by Gasteiger charge is 2.22. The van der Waals surface area contributed by atoms with Crippen LogP contribution in [0.3, 0.4) is 0 Å². The lowest BCUT2D eigenvalue weighted by Crippen LogP contribution is -2.33. The van der Waals surface area contributed by atoms with Crippen molar-refractivity contribution >= 4 is 49.9 Å². The van der Waals surface area contributed by atoms with Gasteiger partial charge in [0.25, 0.3) is 11.6 Å². The van der Waals surface area contributed by atoms with E-state index in [4.69, 9.17) is 11.6 Å². The molecular formula is C19H19ClN4O3S. The summed E-state index contributed by atoms with van der Waals surface area (Å²) in [4.78, 5) is 31.7. The Morgan fingerprint density at radius 1 is 1.18 bits per heavy atom. The molecule has 0 unspecified atom stereocenters. The highest BCUT2D eigenvalue weighted by Crippen LogP contribution is 2.33. The molecule has 1 heterocycles. The minimum absolute atomic E-state index is 0.0533. The second-order valence-electron chi connectivity index (χ2n) is 6.50. The number of hydrogen-bond donors (Lipinski definition) is 0. The number of non-ortho nitro benzene ring substituents is 1. The van der Waals surface area contributed by atoms with Crippen molar-refractivity contribution in [2.45, 2.75) is 6.42 Å². The number of amides is 1. The Hall–Kier alpha value is -2.55. The van der Waals surface area contributed by atoms with Gasteiger partial charge >= 0.3 is 0 Å². The molecule has 0 aliphatic heterocycles. The first-order chi connectivity index (χ1) is 13.4. The second kappa shape index (κ2) is 8.64. The lowest BCUT2D eigenvalue weighted by Gasteiger charge is -2.21. The smallest absolute Gasteiger partial charge is 0.269 e. The Kier molecular flexibility index (Phi) is 6.23. The molecule has 0 radical (unpaired) electrons. The third-order valence-corrected chi connectivity index (χ3v) is 5.50. The summed E-state index contributed by atoms with van der Waals surface area (Å²) in [7, 11) is 3.94. The summed E-state index contributed by atoms with van der Waals surface area (Å²) in [6.45, 7) is 1.29. The van der Waals surface area contributed by atoms with Crippen LogP contribution in [0.5, 0.6) is 0 Å². The van der Waals surface area contributed by atoms with Crippen LogP contribution in [-0.2, 0) is 0 Å². The Balaban J connectivity index is 1.94. The standard InChI is InChI=1S/C19H19ClN4O3S/c1-22(2)11-4-12-23(18(25)13-7-9-14(10-8-13)24(26)27)19-21-17-15(20)5-3-6-16(17)28-19/h3,5-10H,4,11-12H2,1-2H3. The maximum absolute atomic E-state index is 13.1. The Morgan fingerprint density at radius 2 is 1.89 bits per heavy atom. The van der Waals surface area contributed by atoms with Crippen molar-refractivity contribution < 1.29 is 9.72 Å². The van der Waals surface area contributed by atoms with Crippen LogP contribution >= 0.6 is 22.9 Å². The van der Waals surface area contributed by atoms with Crippen molar-refractivity contribution in [2.24, 2.45) is 0 Å². The molecule has 28 heavy (non-hydrogen) atoms. The van der Waals surface area contributed by atoms with Crippen molar-refractivity contribution in [2.75, 3.05) is 32.1 Å². The molecule has 0 saturated carbocycles. The number of nitrogens with zero attached hydrogens (tertiary/aromatic N) is 4. The zero-order chi connectivity index (χ0) is 20.3. The highest BCUT2D eigenvalue weighted by atomic mass is 35.5. The number of nitro benzene ring substituents is 1. The highest BCUT2D eigenvalue weighted by molar-refractivity contribution is 7.22. The quantitative estimate of drug-likeness (QED) is 0.418. The molecule has 0 aliphatic carbocycles. The molecule has 0 aliphatic rings. The van der Waals surface area contributed by atoms with E-state index >= 15 is 0 Å². The van der Waals surface area contributed by atoms with Crippen molar-refractivity contribution in [3.05, 3.63) is 63.2 Å². The van der Waals surface area contributed by atoms with Gasteiger partial charge in [0.05, 0.1) is 14.6 Å². The number of hydrogen-bond acceptors (Lipinski definition) is 6. The number of aromatic nitrogens is 1. The molecule has 0 atom stereocenters. The maximum Gasteiger partial charge on any atom is 0.269 e. The summed E-state index contributed by atoms with van der Waals surface area (Å²) in [5, 5.41) is 12.0. The van der Waals surface area contributed by atoms with Crippen molar-refractivity contribution in [3.63, 3.8) is 0 Å². The molecule has 3 aromatic rings. The second-order valence-corrected chi connectivity index (χ2v) is 7.92. The van der Waals surface area contributed by atoms with Gasteiger partial charge in [0.15, 0.2) is 5.13 Å². The summed E-state index contributed by atoms with van der Waals surface area (Å²) in [6.07, 6.45) is 0.759. The van der Waals surface area contributed by atoms with Gasteiger partial charge < -0.3 is 4.90 Å². The first-order valence-corrected chi connectivity index (χ1v) is 9.82. The molecule has 0 N–H and O–H groups in total. The lowest BCUT2D eigenvalue weighted by atomic mass is 10.2. The zero-order valence-electron chi connectivity index (χ0n) is 15.5. The first-order valence-electron chi connectivity index (χ1n) is 8.63. The van der Waals surface area contributed by atoms with Gasteiger partial charge in [-0.3, -0.25) is 19.8 Å². The lowest BCUT2D eigenvalue weighted by molar-refractivity contribution is -0.384. The monoisotopic (exact) mass is 418 g/mol. The number of halogens is 1. The molecule has 1 amide bonds. The van der Waals surface area contributed by atoms with Crippen LogP contribution in [0.1, 0.15) is 16.8 Å². The van der Waals surface area contributed by atoms with Gasteiger partial charge in [-0.05, 0) is 51.3 Å². The van der Waals surface area contributed by atoms with E-state index in [1.165, 1.54) is 35.6 Å². The zero-order valence-corrected chi connectivity index (χ0v) is 17.0. The number of thiazole rings is 1. The fourth-order valence-electron chi connectivity index (χ4n) is 2.73. The van der Waals surface area contributed by atoms with E-state index in [1.807, 2.05) is 31.1 Å². The number of benzene rings is 2. The maximum atomic E-state index is 13.1. The Bertz CT molecular complexity index is 1000. The SMILES string of the molecule is CN(C)CCCN(C(=O)c1ccc([N+](=O)[O-])cc1)c1nc2c(Cl)cccc2s1. The molecule has 2 aromatic carbocycles. The predicted octanol–water partition coefficient (Wildman–Crippen LogP) is 4.46. The van der Waals surface area contributed by atoms with Crippen LogP contribution in [0.25, 0.3) is 10.2 Å². The van der Waals surface area contributed by atoms with E-state index in [0.29, 0.717) is 27.8 Å². The molecule has 0 saturated heterocycles. The third kappa shape index (κ3) is 4.46. The average molecular weight is 419 g/mol. The molecule has 146 valence electrons. The van der Waals surface area contributed by atoms with Crippen LogP contribution in [0.4, 0.5) is 10.8 Å². The number of carbonyl (C=O) groups excluding carboxylic acids is 1. The molecule has 7 nitrogen and oxygen atoms in total. The van der Waals surface area contributed by atoms with E-state index in [9.17, 15) is 14.9 Å². The number of nitro groups is 1. The van der Waals surface area contributed by atoms with Crippen LogP contribution in [-0.4, -0.2) is 47.9 Å². The molecule has 1 aromatic heterocycles. The number of para-hydroxylation sites is 1. The fraction of sp³-hybridized carbons (Fsp3) is 0.263. The van der Waals surface area contributed by atoms with E-state index in [1.54, 1.807) is 11.0 Å². The van der Waals surface area contributed by atoms with Gasteiger partial charge in [0.2, 0.25) is 0 Å². The van der Waals surface area contributed by atoms with Crippen LogP contribution in [0.2, 0.25) is 5.02 Å². The summed E-state index contributed by atoms with van der Waals surface area (Å²) >= 11 is 7.63. The predicted molar refractivity (Wildman–Crippen MR) is 113 cm³/mol. The normalized spacial score (nSPS) is 11.1. The van der Waals surface area contributed by atoms with Crippen LogP contribution < -0.4 is 4.90 Å². The van der Waals surface area contributed by atoms with Crippen LogP contribution in [0.15, 0.2) is 42.5 Å². The summed E-state index contributed by atoms with van der Waals surface area (Å²) in [5.74, 6) is -0.246. The van der Waals surface area contributed by atoms with Gasteiger partial charge in [-0.15, -0.1) is 0 Å². The van der Waals surface area contributed by atoms with Gasteiger partial charge in [0.1, 0.15) is 5.52 Å². The van der Waals surface area contributed by atoms with Gasteiger partial charge in [-0.1, -0.05) is 29.0 Å². The van der Waals surface area contributed by atoms with E-state index in [0.717, 1.165) is 17.7 Å². The van der Waals surface area contributed by atoms with Crippen molar-refractivity contribution in [3.8, 4) is 0 Å². The van der Waals surface area contributed by atoms with Crippen molar-refractivity contribution in [1.82, 2.24) is 9.88 Å². The number of rotatable bonds is 7. The van der Waals surface area contributed by atoms with E-state index in [2.05, 4.69) is 4.98 Å². The third-order valence-electron chi connectivity index (χ3n) is 4.15.